The highest BCUT2D eigenvalue weighted by Crippen LogP contribution is 2.27. The summed E-state index contributed by atoms with van der Waals surface area (Å²) < 4.78 is 5.24. The summed E-state index contributed by atoms with van der Waals surface area (Å²) in [5, 5.41) is 6.64. The molecule has 2 aromatic heterocycles. The van der Waals surface area contributed by atoms with E-state index >= 15 is 0 Å². The van der Waals surface area contributed by atoms with Crippen LogP contribution in [0, 0.1) is 0 Å². The maximum atomic E-state index is 12.7. The molecule has 0 fully saturated rings. The molecular formula is C24H31N5O3. The van der Waals surface area contributed by atoms with Gasteiger partial charge in [-0.25, -0.2) is 4.79 Å². The summed E-state index contributed by atoms with van der Waals surface area (Å²) in [4.78, 5) is 32.0. The van der Waals surface area contributed by atoms with Crippen molar-refractivity contribution in [3.63, 3.8) is 0 Å². The zero-order chi connectivity index (χ0) is 23.3. The van der Waals surface area contributed by atoms with Crippen LogP contribution in [0.3, 0.4) is 0 Å². The SMILES string of the molecule is C[C@@H](c1c[nH]c2ccccc12)C(N)C(=O)NCc1cc(CNC(=O)OC(C)(C)C)ccn1. The molecule has 0 saturated carbocycles. The number of aromatic amines is 1. The molecule has 2 amide bonds. The van der Waals surface area contributed by atoms with E-state index in [1.165, 1.54) is 0 Å². The van der Waals surface area contributed by atoms with Gasteiger partial charge in [0.25, 0.3) is 0 Å². The zero-order valence-electron chi connectivity index (χ0n) is 18.9. The normalized spacial score (nSPS) is 13.4. The van der Waals surface area contributed by atoms with E-state index in [0.717, 1.165) is 22.0 Å². The molecule has 0 spiro atoms. The third-order valence-corrected chi connectivity index (χ3v) is 5.11. The van der Waals surface area contributed by atoms with Gasteiger partial charge in [0.05, 0.1) is 18.3 Å². The number of nitrogens with zero attached hydrogens (tertiary/aromatic N) is 1. The van der Waals surface area contributed by atoms with Gasteiger partial charge in [0.2, 0.25) is 5.91 Å². The Morgan fingerprint density at radius 2 is 1.91 bits per heavy atom. The molecule has 8 nitrogen and oxygen atoms in total. The Morgan fingerprint density at radius 1 is 1.16 bits per heavy atom. The Hall–Kier alpha value is -3.39. The summed E-state index contributed by atoms with van der Waals surface area (Å²) >= 11 is 0. The molecule has 2 heterocycles. The molecule has 0 aliphatic carbocycles. The third-order valence-electron chi connectivity index (χ3n) is 5.11. The summed E-state index contributed by atoms with van der Waals surface area (Å²) in [5.74, 6) is -0.412. The Bertz CT molecular complexity index is 1090. The fourth-order valence-electron chi connectivity index (χ4n) is 3.41. The molecule has 5 N–H and O–H groups in total. The Morgan fingerprint density at radius 3 is 2.66 bits per heavy atom. The number of H-pyrrole nitrogens is 1. The quantitative estimate of drug-likeness (QED) is 0.452. The maximum Gasteiger partial charge on any atom is 0.407 e. The van der Waals surface area contributed by atoms with E-state index in [1.54, 1.807) is 12.3 Å². The van der Waals surface area contributed by atoms with Gasteiger partial charge in [0, 0.05) is 35.8 Å². The number of fused-ring (bicyclic) bond motifs is 1. The number of para-hydroxylation sites is 1. The number of benzene rings is 1. The first kappa shape index (κ1) is 23.3. The van der Waals surface area contributed by atoms with Crippen LogP contribution in [0.5, 0.6) is 0 Å². The van der Waals surface area contributed by atoms with Gasteiger partial charge in [-0.2, -0.15) is 0 Å². The molecule has 170 valence electrons. The van der Waals surface area contributed by atoms with Crippen LogP contribution >= 0.6 is 0 Å². The first-order valence-electron chi connectivity index (χ1n) is 10.6. The summed E-state index contributed by atoms with van der Waals surface area (Å²) in [6.07, 6.45) is 3.06. The minimum absolute atomic E-state index is 0.163. The Labute approximate surface area is 187 Å². The number of amides is 2. The number of aromatic nitrogens is 2. The standard InChI is InChI=1S/C24H31N5O3/c1-15(19-14-27-20-8-6-5-7-18(19)20)21(25)22(30)28-13-17-11-16(9-10-26-17)12-29-23(31)32-24(2,3)4/h5-11,14-15,21,27H,12-13,25H2,1-4H3,(H,28,30)(H,29,31)/t15-,21?/m0/s1. The van der Waals surface area contributed by atoms with Gasteiger partial charge < -0.3 is 26.1 Å². The van der Waals surface area contributed by atoms with Crippen LogP contribution in [0.15, 0.2) is 48.8 Å². The molecule has 3 aromatic rings. The van der Waals surface area contributed by atoms with Crippen molar-refractivity contribution >= 4 is 22.9 Å². The topological polar surface area (TPSA) is 122 Å². The van der Waals surface area contributed by atoms with Gasteiger partial charge in [-0.1, -0.05) is 25.1 Å². The number of nitrogens with two attached hydrogens (primary N) is 1. The van der Waals surface area contributed by atoms with Crippen LogP contribution in [-0.2, 0) is 22.6 Å². The molecular weight excluding hydrogens is 406 g/mol. The highest BCUT2D eigenvalue weighted by molar-refractivity contribution is 5.87. The van der Waals surface area contributed by atoms with E-state index in [2.05, 4.69) is 20.6 Å². The second-order valence-corrected chi connectivity index (χ2v) is 8.83. The van der Waals surface area contributed by atoms with E-state index in [-0.39, 0.29) is 18.4 Å². The molecule has 1 unspecified atom stereocenters. The van der Waals surface area contributed by atoms with Gasteiger partial charge in [-0.05, 0) is 50.1 Å². The second-order valence-electron chi connectivity index (χ2n) is 8.83. The van der Waals surface area contributed by atoms with E-state index in [4.69, 9.17) is 10.5 Å². The number of rotatable bonds is 7. The van der Waals surface area contributed by atoms with Crippen molar-refractivity contribution in [3.8, 4) is 0 Å². The van der Waals surface area contributed by atoms with Crippen molar-refractivity contribution in [2.45, 2.75) is 58.3 Å². The number of hydrogen-bond acceptors (Lipinski definition) is 5. The summed E-state index contributed by atoms with van der Waals surface area (Å²) in [6, 6.07) is 10.9. The van der Waals surface area contributed by atoms with Crippen LogP contribution < -0.4 is 16.4 Å². The van der Waals surface area contributed by atoms with E-state index in [1.807, 2.05) is 64.2 Å². The van der Waals surface area contributed by atoms with Crippen molar-refractivity contribution in [2.24, 2.45) is 5.73 Å². The maximum absolute atomic E-state index is 12.7. The summed E-state index contributed by atoms with van der Waals surface area (Å²) in [7, 11) is 0. The molecule has 0 saturated heterocycles. The molecule has 0 aliphatic rings. The Kier molecular flexibility index (Phi) is 7.15. The number of alkyl carbamates (subject to hydrolysis) is 1. The van der Waals surface area contributed by atoms with Crippen molar-refractivity contribution in [2.75, 3.05) is 0 Å². The number of carbonyl (C=O) groups is 2. The lowest BCUT2D eigenvalue weighted by molar-refractivity contribution is -0.122. The van der Waals surface area contributed by atoms with E-state index < -0.39 is 17.7 Å². The molecule has 8 heteroatoms. The lowest BCUT2D eigenvalue weighted by Crippen LogP contribution is -2.43. The average Bonchev–Trinajstić information content (AvgIpc) is 3.18. The number of pyridine rings is 1. The highest BCUT2D eigenvalue weighted by atomic mass is 16.6. The average molecular weight is 438 g/mol. The minimum Gasteiger partial charge on any atom is -0.444 e. The van der Waals surface area contributed by atoms with Crippen molar-refractivity contribution in [3.05, 3.63) is 65.6 Å². The molecule has 3 rings (SSSR count). The van der Waals surface area contributed by atoms with Gasteiger partial charge >= 0.3 is 6.09 Å². The largest absolute Gasteiger partial charge is 0.444 e. The number of nitrogens with one attached hydrogen (secondary N) is 3. The van der Waals surface area contributed by atoms with Crippen molar-refractivity contribution < 1.29 is 14.3 Å². The van der Waals surface area contributed by atoms with Crippen molar-refractivity contribution in [1.82, 2.24) is 20.6 Å². The van der Waals surface area contributed by atoms with E-state index in [0.29, 0.717) is 12.2 Å². The highest BCUT2D eigenvalue weighted by Gasteiger charge is 2.24. The van der Waals surface area contributed by atoms with Crippen LogP contribution in [0.2, 0.25) is 0 Å². The first-order chi connectivity index (χ1) is 15.1. The smallest absolute Gasteiger partial charge is 0.407 e. The minimum atomic E-state index is -0.703. The predicted octanol–water partition coefficient (Wildman–Crippen LogP) is 3.33. The number of ether oxygens (including phenoxy) is 1. The third kappa shape index (κ3) is 6.07. The van der Waals surface area contributed by atoms with Gasteiger partial charge in [0.15, 0.2) is 0 Å². The molecule has 2 atom stereocenters. The second kappa shape index (κ2) is 9.82. The summed E-state index contributed by atoms with van der Waals surface area (Å²) in [5.41, 5.74) is 9.26. The van der Waals surface area contributed by atoms with E-state index in [9.17, 15) is 9.59 Å². The van der Waals surface area contributed by atoms with Crippen LogP contribution in [0.25, 0.3) is 10.9 Å². The lowest BCUT2D eigenvalue weighted by Gasteiger charge is -2.20. The first-order valence-corrected chi connectivity index (χ1v) is 10.6. The fourth-order valence-corrected chi connectivity index (χ4v) is 3.41. The predicted molar refractivity (Wildman–Crippen MR) is 124 cm³/mol. The Balaban J connectivity index is 1.55. The number of hydrogen-bond donors (Lipinski definition) is 4. The molecule has 32 heavy (non-hydrogen) atoms. The molecule has 0 bridgehead atoms. The van der Waals surface area contributed by atoms with Crippen molar-refractivity contribution in [1.29, 1.82) is 0 Å². The molecule has 0 aliphatic heterocycles. The van der Waals surface area contributed by atoms with Crippen LogP contribution in [0.1, 0.15) is 50.4 Å². The summed E-state index contributed by atoms with van der Waals surface area (Å²) in [6.45, 7) is 7.92. The zero-order valence-corrected chi connectivity index (χ0v) is 18.9. The fraction of sp³-hybridized carbons (Fsp3) is 0.375. The number of carbonyl (C=O) groups excluding carboxylic acids is 2. The lowest BCUT2D eigenvalue weighted by atomic mass is 9.93. The van der Waals surface area contributed by atoms with Crippen LogP contribution in [0.4, 0.5) is 4.79 Å². The van der Waals surface area contributed by atoms with Gasteiger partial charge in [-0.15, -0.1) is 0 Å². The monoisotopic (exact) mass is 437 g/mol. The molecule has 0 radical (unpaired) electrons. The van der Waals surface area contributed by atoms with Gasteiger partial charge in [-0.3, -0.25) is 9.78 Å². The van der Waals surface area contributed by atoms with Gasteiger partial charge in [0.1, 0.15) is 5.60 Å². The van der Waals surface area contributed by atoms with Crippen LogP contribution in [-0.4, -0.2) is 33.6 Å². The molecule has 1 aromatic carbocycles.